The molecule has 0 bridgehead atoms. The maximum Gasteiger partial charge on any atom is 0.104 e. The summed E-state index contributed by atoms with van der Waals surface area (Å²) in [6, 6.07) is 94.0. The van der Waals surface area contributed by atoms with Crippen molar-refractivity contribution in [3.8, 4) is 34.9 Å². The van der Waals surface area contributed by atoms with Crippen molar-refractivity contribution >= 4 is 213 Å². The molecule has 0 unspecified atom stereocenters. The summed E-state index contributed by atoms with van der Waals surface area (Å²) in [5.74, 6) is 0. The van der Waals surface area contributed by atoms with E-state index in [-0.39, 0.29) is 0 Å². The highest BCUT2D eigenvalue weighted by molar-refractivity contribution is 7.28. The van der Waals surface area contributed by atoms with Gasteiger partial charge in [0.1, 0.15) is 23.3 Å². The maximum absolute atomic E-state index is 13.5. The van der Waals surface area contributed by atoms with Gasteiger partial charge in [-0.15, -0.1) is 45.3 Å². The van der Waals surface area contributed by atoms with Crippen LogP contribution >= 0.6 is 45.3 Å². The van der Waals surface area contributed by atoms with Gasteiger partial charge in [0.25, 0.3) is 0 Å². The summed E-state index contributed by atoms with van der Waals surface area (Å²) in [5.41, 5.74) is 11.1. The summed E-state index contributed by atoms with van der Waals surface area (Å²) in [6.07, 6.45) is 0. The van der Waals surface area contributed by atoms with Crippen molar-refractivity contribution in [3.63, 3.8) is 0 Å². The fourth-order valence-electron chi connectivity index (χ4n) is 15.6. The molecule has 0 amide bonds. The zero-order chi connectivity index (χ0) is 58.8. The summed E-state index contributed by atoms with van der Waals surface area (Å²) in [6.45, 7) is 0. The van der Waals surface area contributed by atoms with Crippen LogP contribution in [0.4, 0.5) is 0 Å². The molecule has 8 aromatic heterocycles. The number of para-hydroxylation sites is 4. The molecule has 6 nitrogen and oxygen atoms in total. The van der Waals surface area contributed by atoms with Crippen molar-refractivity contribution in [2.24, 2.45) is 0 Å². The summed E-state index contributed by atoms with van der Waals surface area (Å²) in [7, 11) is 0. The van der Waals surface area contributed by atoms with Gasteiger partial charge in [-0.3, -0.25) is 0 Å². The average molecular weight is 1210 g/mol. The minimum Gasteiger partial charge on any atom is -0.304 e. The molecule has 0 radical (unpaired) electrons. The lowest BCUT2D eigenvalue weighted by atomic mass is 9.98. The highest BCUT2D eigenvalue weighted by Crippen LogP contribution is 2.54. The first-order valence-corrected chi connectivity index (χ1v) is 33.3. The molecule has 0 aliphatic carbocycles. The third-order valence-electron chi connectivity index (χ3n) is 19.2. The van der Waals surface area contributed by atoms with Gasteiger partial charge >= 0.3 is 0 Å². The number of fused-ring (bicyclic) bond motifs is 28. The molecule has 414 valence electrons. The first kappa shape index (κ1) is 49.0. The normalized spacial score (nSPS) is 12.4. The van der Waals surface area contributed by atoms with E-state index in [2.05, 4.69) is 273 Å². The SMILES string of the molecule is N#Cc1c(-n2c3ccccc3c3ccc4c5ccccc5sc4c32)c(-n2c3ccccc3c3ccc4c5ccccc5sc4c32)c(C#N)c(-n2c3ccccc3c3ccc4c5ccccc5sc4c32)c1-n1c2ccccc2c2ccc3c4ccccc4sc3c21. The molecule has 0 atom stereocenters. The quantitative estimate of drug-likeness (QED) is 0.176. The molecule has 0 aliphatic rings. The van der Waals surface area contributed by atoms with Gasteiger partial charge in [0.15, 0.2) is 0 Å². The van der Waals surface area contributed by atoms with Gasteiger partial charge in [-0.2, -0.15) is 10.5 Å². The number of rotatable bonds is 4. The van der Waals surface area contributed by atoms with Crippen molar-refractivity contribution in [3.05, 3.63) is 254 Å². The first-order valence-electron chi connectivity index (χ1n) is 30.0. The van der Waals surface area contributed by atoms with Crippen LogP contribution in [-0.4, -0.2) is 18.3 Å². The van der Waals surface area contributed by atoms with Crippen LogP contribution in [0.5, 0.6) is 0 Å². The average Bonchev–Trinajstić information content (AvgIpc) is 1.46. The van der Waals surface area contributed by atoms with Gasteiger partial charge in [-0.05, 0) is 48.5 Å². The van der Waals surface area contributed by atoms with Crippen LogP contribution in [0.3, 0.4) is 0 Å². The molecule has 0 N–H and O–H groups in total. The Bertz CT molecular complexity index is 6130. The second kappa shape index (κ2) is 17.8. The minimum absolute atomic E-state index is 0.435. The smallest absolute Gasteiger partial charge is 0.104 e. The van der Waals surface area contributed by atoms with Crippen LogP contribution in [0.1, 0.15) is 11.1 Å². The van der Waals surface area contributed by atoms with Crippen LogP contribution in [0, 0.1) is 22.7 Å². The third-order valence-corrected chi connectivity index (χ3v) is 24.0. The summed E-state index contributed by atoms with van der Waals surface area (Å²) in [5, 5.41) is 44.7. The summed E-state index contributed by atoms with van der Waals surface area (Å²) in [4.78, 5) is 0. The Morgan fingerprint density at radius 3 is 0.644 bits per heavy atom. The van der Waals surface area contributed by atoms with E-state index in [0.717, 1.165) is 128 Å². The number of aromatic nitrogens is 4. The molecular formula is C80H40N6S4. The Kier molecular flexibility index (Phi) is 9.69. The fraction of sp³-hybridized carbons (Fsp3) is 0. The van der Waals surface area contributed by atoms with Gasteiger partial charge in [-0.1, -0.05) is 194 Å². The Hall–Kier alpha value is -11.1. The van der Waals surface area contributed by atoms with E-state index in [1.165, 1.54) is 40.3 Å². The minimum atomic E-state index is 0.435. The second-order valence-corrected chi connectivity index (χ2v) is 27.7. The molecule has 0 saturated heterocycles. The Morgan fingerprint density at radius 1 is 0.211 bits per heavy atom. The monoisotopic (exact) mass is 1210 g/mol. The van der Waals surface area contributed by atoms with Crippen molar-refractivity contribution in [1.29, 1.82) is 10.5 Å². The van der Waals surface area contributed by atoms with Gasteiger partial charge in [0.05, 0.1) is 85.7 Å². The van der Waals surface area contributed by atoms with E-state index in [1.807, 2.05) is 0 Å². The van der Waals surface area contributed by atoms with E-state index >= 15 is 0 Å². The summed E-state index contributed by atoms with van der Waals surface area (Å²) < 4.78 is 18.7. The van der Waals surface area contributed by atoms with Crippen molar-refractivity contribution in [1.82, 2.24) is 18.3 Å². The first-order chi connectivity index (χ1) is 44.6. The highest BCUT2D eigenvalue weighted by Gasteiger charge is 2.36. The standard InChI is InChI=1S/C80H40N6S4/c81-41-59-69(83-61-25-9-1-17-43(61)51-33-37-55-47-21-5-13-29-65(47)87-77(55)73(51)83)70(84-62-26-10-2-18-44(62)52-34-38-56-48-22-6-14-30-66(48)88-78(56)74(52)84)60(42-82)72(86-64-28-12-4-20-46(64)54-36-40-58-50-24-8-16-32-68(50)90-80(58)76(54)86)71(59)85-63-27-11-3-19-45(63)53-35-39-57-49-23-7-15-31-67(49)89-79(57)75(53)85/h1-40H. The number of nitriles is 2. The summed E-state index contributed by atoms with van der Waals surface area (Å²) >= 11 is 7.15. The lowest BCUT2D eigenvalue weighted by molar-refractivity contribution is 1.03. The van der Waals surface area contributed by atoms with Gasteiger partial charge in [0, 0.05) is 105 Å². The molecule has 0 fully saturated rings. The molecule has 0 saturated carbocycles. The molecule has 0 spiro atoms. The molecule has 10 heteroatoms. The van der Waals surface area contributed by atoms with Crippen LogP contribution in [-0.2, 0) is 0 Å². The van der Waals surface area contributed by atoms with Crippen LogP contribution in [0.25, 0.3) is 191 Å². The molecular weight excluding hydrogens is 1170 g/mol. The topological polar surface area (TPSA) is 67.3 Å². The lowest BCUT2D eigenvalue weighted by Gasteiger charge is -2.27. The van der Waals surface area contributed by atoms with E-state index in [0.29, 0.717) is 33.9 Å². The Balaban J connectivity index is 1.10. The third kappa shape index (κ3) is 6.13. The second-order valence-electron chi connectivity index (χ2n) is 23.5. The predicted molar refractivity (Wildman–Crippen MR) is 385 cm³/mol. The lowest BCUT2D eigenvalue weighted by Crippen LogP contribution is -2.17. The number of nitrogens with zero attached hydrogens (tertiary/aromatic N) is 6. The predicted octanol–water partition coefficient (Wildman–Crippen LogP) is 23.3. The fourth-order valence-corrected chi connectivity index (χ4v) is 20.6. The molecule has 0 aliphatic heterocycles. The van der Waals surface area contributed by atoms with E-state index in [1.54, 1.807) is 45.3 Å². The van der Waals surface area contributed by atoms with Gasteiger partial charge in [-0.25, -0.2) is 0 Å². The van der Waals surface area contributed by atoms with Crippen molar-refractivity contribution in [2.45, 2.75) is 0 Å². The van der Waals surface area contributed by atoms with E-state index in [9.17, 15) is 10.5 Å². The molecule has 13 aromatic carbocycles. The Labute approximate surface area is 526 Å². The van der Waals surface area contributed by atoms with E-state index in [4.69, 9.17) is 0 Å². The zero-order valence-corrected chi connectivity index (χ0v) is 50.7. The van der Waals surface area contributed by atoms with Gasteiger partial charge in [0.2, 0.25) is 0 Å². The van der Waals surface area contributed by atoms with Gasteiger partial charge < -0.3 is 18.3 Å². The Morgan fingerprint density at radius 2 is 0.411 bits per heavy atom. The van der Waals surface area contributed by atoms with Crippen molar-refractivity contribution in [2.75, 3.05) is 0 Å². The van der Waals surface area contributed by atoms with E-state index < -0.39 is 0 Å². The number of hydrogen-bond donors (Lipinski definition) is 0. The molecule has 21 rings (SSSR count). The number of hydrogen-bond acceptors (Lipinski definition) is 6. The van der Waals surface area contributed by atoms with Crippen molar-refractivity contribution < 1.29 is 0 Å². The largest absolute Gasteiger partial charge is 0.304 e. The maximum atomic E-state index is 13.5. The van der Waals surface area contributed by atoms with Crippen LogP contribution in [0.2, 0.25) is 0 Å². The van der Waals surface area contributed by atoms with Crippen LogP contribution in [0.15, 0.2) is 243 Å². The highest BCUT2D eigenvalue weighted by atomic mass is 32.1. The number of benzene rings is 13. The molecule has 90 heavy (non-hydrogen) atoms. The number of thiophene rings is 4. The molecule has 8 heterocycles. The zero-order valence-electron chi connectivity index (χ0n) is 47.4. The molecule has 21 aromatic rings. The van der Waals surface area contributed by atoms with Crippen LogP contribution < -0.4 is 0 Å².